The van der Waals surface area contributed by atoms with Crippen molar-refractivity contribution >= 4 is 23.4 Å². The van der Waals surface area contributed by atoms with Crippen LogP contribution in [0.4, 0.5) is 0 Å². The second-order valence-electron chi connectivity index (χ2n) is 3.22. The molecule has 68 valence electrons. The van der Waals surface area contributed by atoms with Crippen molar-refractivity contribution in [2.45, 2.75) is 12.8 Å². The van der Waals surface area contributed by atoms with Gasteiger partial charge in [0.1, 0.15) is 0 Å². The van der Waals surface area contributed by atoms with Crippen molar-refractivity contribution in [3.63, 3.8) is 0 Å². The number of piperidine rings is 1. The molecule has 0 aromatic heterocycles. The molecule has 1 saturated heterocycles. The number of carbonyl (C=O) groups is 2. The average Bonchev–Trinajstić information content (AvgIpc) is 2.02. The average molecular weight is 198 g/mol. The second-order valence-corrected chi connectivity index (χ2v) is 3.70. The lowest BCUT2D eigenvalue weighted by Gasteiger charge is -2.25. The fourth-order valence-corrected chi connectivity index (χ4v) is 1.90. The van der Waals surface area contributed by atoms with E-state index in [2.05, 4.69) is 5.32 Å². The van der Waals surface area contributed by atoms with Gasteiger partial charge in [0, 0.05) is 22.9 Å². The summed E-state index contributed by atoms with van der Waals surface area (Å²) >= 11 is 5.81. The molecule has 1 N–H and O–H groups in total. The van der Waals surface area contributed by atoms with Crippen molar-refractivity contribution in [1.82, 2.24) is 5.32 Å². The lowest BCUT2D eigenvalue weighted by Crippen LogP contribution is -2.41. The van der Waals surface area contributed by atoms with Crippen LogP contribution in [0.1, 0.15) is 12.8 Å². The fourth-order valence-electron chi connectivity index (χ4n) is 1.65. The van der Waals surface area contributed by atoms with Crippen LogP contribution in [0.3, 0.4) is 0 Å². The number of hydrogen-bond donors (Lipinski definition) is 1. The summed E-state index contributed by atoms with van der Waals surface area (Å²) in [6.07, 6.45) is 4.37. The molecular weight excluding hydrogens is 190 g/mol. The molecule has 1 fully saturated rings. The van der Waals surface area contributed by atoms with Crippen LogP contribution in [0, 0.1) is 5.92 Å². The second kappa shape index (κ2) is 3.00. The van der Waals surface area contributed by atoms with Crippen molar-refractivity contribution in [1.29, 1.82) is 0 Å². The van der Waals surface area contributed by atoms with Crippen LogP contribution < -0.4 is 5.32 Å². The Bertz CT molecular complexity index is 342. The molecule has 0 aromatic rings. The summed E-state index contributed by atoms with van der Waals surface area (Å²) in [6, 6.07) is 0. The molecule has 0 saturated carbocycles. The van der Waals surface area contributed by atoms with Gasteiger partial charge in [-0.1, -0.05) is 17.7 Å². The highest BCUT2D eigenvalue weighted by Gasteiger charge is 2.31. The van der Waals surface area contributed by atoms with Crippen molar-refractivity contribution in [2.75, 3.05) is 0 Å². The molecule has 0 bridgehead atoms. The Morgan fingerprint density at radius 1 is 1.31 bits per heavy atom. The van der Waals surface area contributed by atoms with E-state index in [-0.39, 0.29) is 17.7 Å². The molecule has 13 heavy (non-hydrogen) atoms. The van der Waals surface area contributed by atoms with Gasteiger partial charge >= 0.3 is 0 Å². The predicted molar refractivity (Wildman–Crippen MR) is 47.9 cm³/mol. The maximum Gasteiger partial charge on any atom is 0.254 e. The number of rotatable bonds is 0. The minimum atomic E-state index is -0.276. The topological polar surface area (TPSA) is 46.2 Å². The zero-order valence-corrected chi connectivity index (χ0v) is 7.60. The predicted octanol–water partition coefficient (Wildman–Crippen LogP) is 1.10. The van der Waals surface area contributed by atoms with Gasteiger partial charge in [0.2, 0.25) is 5.91 Å². The van der Waals surface area contributed by atoms with Gasteiger partial charge in [0.15, 0.2) is 0 Å². The molecular formula is C9H8ClNO2. The third-order valence-electron chi connectivity index (χ3n) is 2.27. The molecule has 1 aliphatic carbocycles. The number of halogens is 1. The number of fused-ring (bicyclic) bond motifs is 1. The fraction of sp³-hybridized carbons (Fsp3) is 0.333. The monoisotopic (exact) mass is 197 g/mol. The third kappa shape index (κ3) is 1.52. The van der Waals surface area contributed by atoms with E-state index in [0.717, 1.165) is 0 Å². The lowest BCUT2D eigenvalue weighted by molar-refractivity contribution is -0.131. The maximum atomic E-state index is 11.3. The Balaban J connectivity index is 2.31. The SMILES string of the molecule is O=C1CC2CC(Cl)=CC=C2C(=O)N1. The first-order chi connectivity index (χ1) is 6.16. The molecule has 1 unspecified atom stereocenters. The first kappa shape index (κ1) is 8.51. The smallest absolute Gasteiger partial charge is 0.254 e. The molecule has 3 nitrogen and oxygen atoms in total. The van der Waals surface area contributed by atoms with Gasteiger partial charge in [-0.15, -0.1) is 0 Å². The van der Waals surface area contributed by atoms with E-state index in [4.69, 9.17) is 11.6 Å². The molecule has 0 aromatic carbocycles. The van der Waals surface area contributed by atoms with Crippen LogP contribution in [-0.4, -0.2) is 11.8 Å². The van der Waals surface area contributed by atoms with Crippen LogP contribution in [0.2, 0.25) is 0 Å². The Morgan fingerprint density at radius 2 is 2.08 bits per heavy atom. The van der Waals surface area contributed by atoms with Crippen LogP contribution in [0.15, 0.2) is 22.8 Å². The van der Waals surface area contributed by atoms with Gasteiger partial charge in [0.25, 0.3) is 5.91 Å². The molecule has 1 aliphatic heterocycles. The van der Waals surface area contributed by atoms with Crippen molar-refractivity contribution in [3.05, 3.63) is 22.8 Å². The van der Waals surface area contributed by atoms with Crippen molar-refractivity contribution in [3.8, 4) is 0 Å². The van der Waals surface area contributed by atoms with Crippen LogP contribution in [-0.2, 0) is 9.59 Å². The molecule has 2 aliphatic rings. The first-order valence-electron chi connectivity index (χ1n) is 4.07. The van der Waals surface area contributed by atoms with Crippen molar-refractivity contribution in [2.24, 2.45) is 5.92 Å². The van der Waals surface area contributed by atoms with E-state index in [1.54, 1.807) is 12.2 Å². The summed E-state index contributed by atoms with van der Waals surface area (Å²) in [5.41, 5.74) is 0.670. The quantitative estimate of drug-likeness (QED) is 0.592. The summed E-state index contributed by atoms with van der Waals surface area (Å²) in [5, 5.41) is 2.98. The van der Waals surface area contributed by atoms with E-state index >= 15 is 0 Å². The Kier molecular flexibility index (Phi) is 1.96. The minimum Gasteiger partial charge on any atom is -0.293 e. The highest BCUT2D eigenvalue weighted by Crippen LogP contribution is 2.31. The van der Waals surface area contributed by atoms with Crippen LogP contribution in [0.5, 0.6) is 0 Å². The van der Waals surface area contributed by atoms with Gasteiger partial charge in [-0.2, -0.15) is 0 Å². The Morgan fingerprint density at radius 3 is 2.85 bits per heavy atom. The van der Waals surface area contributed by atoms with Gasteiger partial charge in [-0.3, -0.25) is 14.9 Å². The molecule has 0 spiro atoms. The summed E-state index contributed by atoms with van der Waals surface area (Å²) in [6.45, 7) is 0. The normalized spacial score (nSPS) is 27.3. The highest BCUT2D eigenvalue weighted by molar-refractivity contribution is 6.30. The van der Waals surface area contributed by atoms with Crippen molar-refractivity contribution < 1.29 is 9.59 Å². The number of hydrogen-bond acceptors (Lipinski definition) is 2. The number of amides is 2. The number of imide groups is 1. The molecule has 0 radical (unpaired) electrons. The zero-order valence-electron chi connectivity index (χ0n) is 6.84. The Hall–Kier alpha value is -1.09. The van der Waals surface area contributed by atoms with E-state index in [0.29, 0.717) is 23.4 Å². The molecule has 2 amide bonds. The number of allylic oxidation sites excluding steroid dienone is 3. The van der Waals surface area contributed by atoms with E-state index in [9.17, 15) is 9.59 Å². The largest absolute Gasteiger partial charge is 0.293 e. The third-order valence-corrected chi connectivity index (χ3v) is 2.55. The van der Waals surface area contributed by atoms with Gasteiger partial charge in [-0.25, -0.2) is 0 Å². The number of carbonyl (C=O) groups excluding carboxylic acids is 2. The summed E-state index contributed by atoms with van der Waals surface area (Å²) in [4.78, 5) is 22.3. The van der Waals surface area contributed by atoms with Crippen LogP contribution in [0.25, 0.3) is 0 Å². The minimum absolute atomic E-state index is 0.0150. The van der Waals surface area contributed by atoms with Crippen LogP contribution >= 0.6 is 11.6 Å². The van der Waals surface area contributed by atoms with E-state index in [1.165, 1.54) is 0 Å². The molecule has 2 rings (SSSR count). The summed E-state index contributed by atoms with van der Waals surface area (Å²) in [7, 11) is 0. The summed E-state index contributed by atoms with van der Waals surface area (Å²) in [5.74, 6) is -0.501. The van der Waals surface area contributed by atoms with Gasteiger partial charge in [0.05, 0.1) is 0 Å². The highest BCUT2D eigenvalue weighted by atomic mass is 35.5. The summed E-state index contributed by atoms with van der Waals surface area (Å²) < 4.78 is 0. The molecule has 1 heterocycles. The molecule has 4 heteroatoms. The van der Waals surface area contributed by atoms with E-state index < -0.39 is 0 Å². The lowest BCUT2D eigenvalue weighted by atomic mass is 9.85. The van der Waals surface area contributed by atoms with Gasteiger partial charge < -0.3 is 0 Å². The maximum absolute atomic E-state index is 11.3. The molecule has 1 atom stereocenters. The number of nitrogens with one attached hydrogen (secondary N) is 1. The van der Waals surface area contributed by atoms with Gasteiger partial charge in [-0.05, 0) is 12.5 Å². The Labute approximate surface area is 80.4 Å². The zero-order chi connectivity index (χ0) is 9.42. The first-order valence-corrected chi connectivity index (χ1v) is 4.45. The standard InChI is InChI=1S/C9H8ClNO2/c10-6-1-2-7-5(3-6)4-8(12)11-9(7)13/h1-2,5H,3-4H2,(H,11,12,13). The van der Waals surface area contributed by atoms with E-state index in [1.807, 2.05) is 0 Å².